The summed E-state index contributed by atoms with van der Waals surface area (Å²) in [4.78, 5) is 21.0. The van der Waals surface area contributed by atoms with Gasteiger partial charge in [0.05, 0.1) is 0 Å². The van der Waals surface area contributed by atoms with Gasteiger partial charge in [0.2, 0.25) is 0 Å². The number of carbonyl (C=O) groups excluding carboxylic acids is 1. The molecule has 1 saturated heterocycles. The minimum absolute atomic E-state index is 0.0432. The van der Waals surface area contributed by atoms with Gasteiger partial charge in [0.15, 0.2) is 0 Å². The number of aromatic nitrogens is 1. The predicted molar refractivity (Wildman–Crippen MR) is 85.6 cm³/mol. The van der Waals surface area contributed by atoms with E-state index in [1.807, 2.05) is 17.0 Å². The maximum Gasteiger partial charge on any atom is 0.272 e. The molecular weight excluding hydrogens is 264 g/mol. The molecule has 116 valence electrons. The smallest absolute Gasteiger partial charge is 0.272 e. The van der Waals surface area contributed by atoms with Gasteiger partial charge < -0.3 is 15.1 Å². The van der Waals surface area contributed by atoms with Crippen molar-refractivity contribution in [3.63, 3.8) is 0 Å². The molecule has 5 heteroatoms. The van der Waals surface area contributed by atoms with Gasteiger partial charge in [-0.2, -0.15) is 0 Å². The molecule has 1 unspecified atom stereocenters. The molecule has 1 fully saturated rings. The molecule has 0 saturated carbocycles. The van der Waals surface area contributed by atoms with Crippen molar-refractivity contribution in [3.05, 3.63) is 24.0 Å². The van der Waals surface area contributed by atoms with Crippen molar-refractivity contribution in [2.75, 3.05) is 39.0 Å². The monoisotopic (exact) mass is 290 g/mol. The SMILES string of the molecule is CCCNc1ccnc(C(=O)N2CCCC(N(C)C)C2)c1. The molecule has 0 aromatic carbocycles. The molecule has 2 rings (SSSR count). The van der Waals surface area contributed by atoms with Crippen molar-refractivity contribution in [2.24, 2.45) is 0 Å². The molecule has 1 N–H and O–H groups in total. The van der Waals surface area contributed by atoms with Crippen molar-refractivity contribution in [1.29, 1.82) is 0 Å². The highest BCUT2D eigenvalue weighted by molar-refractivity contribution is 5.93. The van der Waals surface area contributed by atoms with Crippen LogP contribution in [0.5, 0.6) is 0 Å². The van der Waals surface area contributed by atoms with Crippen molar-refractivity contribution in [3.8, 4) is 0 Å². The summed E-state index contributed by atoms with van der Waals surface area (Å²) in [5.74, 6) is 0.0432. The fraction of sp³-hybridized carbons (Fsp3) is 0.625. The minimum atomic E-state index is 0.0432. The second-order valence-electron chi connectivity index (χ2n) is 5.87. The predicted octanol–water partition coefficient (Wildman–Crippen LogP) is 2.07. The zero-order chi connectivity index (χ0) is 15.2. The molecule has 1 amide bonds. The molecule has 1 aliphatic rings. The quantitative estimate of drug-likeness (QED) is 0.902. The largest absolute Gasteiger partial charge is 0.385 e. The first kappa shape index (κ1) is 15.8. The second-order valence-corrected chi connectivity index (χ2v) is 5.87. The average Bonchev–Trinajstić information content (AvgIpc) is 2.52. The number of rotatable bonds is 5. The maximum atomic E-state index is 12.6. The van der Waals surface area contributed by atoms with E-state index in [0.29, 0.717) is 11.7 Å². The zero-order valence-corrected chi connectivity index (χ0v) is 13.3. The molecule has 2 heterocycles. The molecule has 0 bridgehead atoms. The molecule has 0 aliphatic carbocycles. The number of pyridine rings is 1. The molecule has 1 aromatic heterocycles. The highest BCUT2D eigenvalue weighted by Gasteiger charge is 2.26. The van der Waals surface area contributed by atoms with Gasteiger partial charge in [0, 0.05) is 37.6 Å². The van der Waals surface area contributed by atoms with Gasteiger partial charge in [-0.15, -0.1) is 0 Å². The van der Waals surface area contributed by atoms with Crippen molar-refractivity contribution < 1.29 is 4.79 Å². The molecule has 0 radical (unpaired) electrons. The Balaban J connectivity index is 2.05. The molecule has 1 atom stereocenters. The number of nitrogens with zero attached hydrogens (tertiary/aromatic N) is 3. The lowest BCUT2D eigenvalue weighted by molar-refractivity contribution is 0.0629. The second kappa shape index (κ2) is 7.41. The summed E-state index contributed by atoms with van der Waals surface area (Å²) in [5.41, 5.74) is 1.51. The van der Waals surface area contributed by atoms with Crippen LogP contribution in [-0.2, 0) is 0 Å². The van der Waals surface area contributed by atoms with E-state index in [0.717, 1.165) is 44.6 Å². The molecule has 1 aromatic rings. The van der Waals surface area contributed by atoms with Gasteiger partial charge in [0.25, 0.3) is 5.91 Å². The van der Waals surface area contributed by atoms with Crippen LogP contribution < -0.4 is 5.32 Å². The van der Waals surface area contributed by atoms with Crippen LogP contribution in [0.3, 0.4) is 0 Å². The van der Waals surface area contributed by atoms with Gasteiger partial charge in [-0.25, -0.2) is 0 Å². The Kier molecular flexibility index (Phi) is 5.56. The van der Waals surface area contributed by atoms with E-state index < -0.39 is 0 Å². The Morgan fingerprint density at radius 3 is 3.05 bits per heavy atom. The number of hydrogen-bond donors (Lipinski definition) is 1. The third-order valence-electron chi connectivity index (χ3n) is 3.97. The first-order valence-electron chi connectivity index (χ1n) is 7.77. The number of amides is 1. The van der Waals surface area contributed by atoms with E-state index in [4.69, 9.17) is 0 Å². The van der Waals surface area contributed by atoms with E-state index >= 15 is 0 Å². The van der Waals surface area contributed by atoms with E-state index in [1.165, 1.54) is 0 Å². The van der Waals surface area contributed by atoms with Crippen LogP contribution in [0.4, 0.5) is 5.69 Å². The number of carbonyl (C=O) groups is 1. The van der Waals surface area contributed by atoms with Crippen LogP contribution in [0, 0.1) is 0 Å². The standard InChI is InChI=1S/C16H26N4O/c1-4-8-17-13-7-9-18-15(11-13)16(21)20-10-5-6-14(12-20)19(2)3/h7,9,11,14H,4-6,8,10,12H2,1-3H3,(H,17,18). The normalized spacial score (nSPS) is 18.9. The average molecular weight is 290 g/mol. The van der Waals surface area contributed by atoms with Gasteiger partial charge in [0.1, 0.15) is 5.69 Å². The van der Waals surface area contributed by atoms with Crippen LogP contribution in [-0.4, -0.2) is 60.5 Å². The van der Waals surface area contributed by atoms with Crippen molar-refractivity contribution in [2.45, 2.75) is 32.2 Å². The Labute approximate surface area is 127 Å². The van der Waals surface area contributed by atoms with Gasteiger partial charge in [-0.1, -0.05) is 6.92 Å². The Bertz CT molecular complexity index is 475. The first-order valence-corrected chi connectivity index (χ1v) is 7.77. The highest BCUT2D eigenvalue weighted by Crippen LogP contribution is 2.17. The van der Waals surface area contributed by atoms with Gasteiger partial charge in [-0.3, -0.25) is 9.78 Å². The van der Waals surface area contributed by atoms with Crippen molar-refractivity contribution in [1.82, 2.24) is 14.8 Å². The zero-order valence-electron chi connectivity index (χ0n) is 13.3. The lowest BCUT2D eigenvalue weighted by Gasteiger charge is -2.36. The number of piperidine rings is 1. The van der Waals surface area contributed by atoms with Gasteiger partial charge >= 0.3 is 0 Å². The Morgan fingerprint density at radius 2 is 2.33 bits per heavy atom. The van der Waals surface area contributed by atoms with Crippen LogP contribution in [0.25, 0.3) is 0 Å². The maximum absolute atomic E-state index is 12.6. The summed E-state index contributed by atoms with van der Waals surface area (Å²) in [5, 5.41) is 3.30. The summed E-state index contributed by atoms with van der Waals surface area (Å²) < 4.78 is 0. The molecule has 1 aliphatic heterocycles. The van der Waals surface area contributed by atoms with Crippen LogP contribution >= 0.6 is 0 Å². The summed E-state index contributed by atoms with van der Waals surface area (Å²) >= 11 is 0. The third kappa shape index (κ3) is 4.17. The third-order valence-corrected chi connectivity index (χ3v) is 3.97. The fourth-order valence-electron chi connectivity index (χ4n) is 2.65. The van der Waals surface area contributed by atoms with Crippen LogP contribution in [0.15, 0.2) is 18.3 Å². The molecular formula is C16H26N4O. The summed E-state index contributed by atoms with van der Waals surface area (Å²) in [6.45, 7) is 4.65. The number of nitrogens with one attached hydrogen (secondary N) is 1. The Hall–Kier alpha value is -1.62. The minimum Gasteiger partial charge on any atom is -0.385 e. The highest BCUT2D eigenvalue weighted by atomic mass is 16.2. The van der Waals surface area contributed by atoms with E-state index in [2.05, 4.69) is 36.2 Å². The molecule has 5 nitrogen and oxygen atoms in total. The van der Waals surface area contributed by atoms with E-state index in [-0.39, 0.29) is 5.91 Å². The number of anilines is 1. The van der Waals surface area contributed by atoms with Crippen LogP contribution in [0.2, 0.25) is 0 Å². The number of hydrogen-bond acceptors (Lipinski definition) is 4. The lowest BCUT2D eigenvalue weighted by atomic mass is 10.0. The first-order chi connectivity index (χ1) is 10.1. The molecule has 21 heavy (non-hydrogen) atoms. The topological polar surface area (TPSA) is 48.5 Å². The Morgan fingerprint density at radius 1 is 1.52 bits per heavy atom. The molecule has 0 spiro atoms. The van der Waals surface area contributed by atoms with Gasteiger partial charge in [-0.05, 0) is 45.5 Å². The van der Waals surface area contributed by atoms with Crippen LogP contribution in [0.1, 0.15) is 36.7 Å². The summed E-state index contributed by atoms with van der Waals surface area (Å²) in [6, 6.07) is 4.21. The summed E-state index contributed by atoms with van der Waals surface area (Å²) in [6.07, 6.45) is 4.98. The van der Waals surface area contributed by atoms with E-state index in [9.17, 15) is 4.79 Å². The lowest BCUT2D eigenvalue weighted by Crippen LogP contribution is -2.47. The fourth-order valence-corrected chi connectivity index (χ4v) is 2.65. The van der Waals surface area contributed by atoms with E-state index in [1.54, 1.807) is 6.20 Å². The number of likely N-dealkylation sites (N-methyl/N-ethyl adjacent to an activating group) is 1. The number of likely N-dealkylation sites (tertiary alicyclic amines) is 1. The summed E-state index contributed by atoms with van der Waals surface area (Å²) in [7, 11) is 4.15. The van der Waals surface area contributed by atoms with Crippen molar-refractivity contribution >= 4 is 11.6 Å².